The van der Waals surface area contributed by atoms with Crippen molar-refractivity contribution in [3.05, 3.63) is 23.4 Å². The standard InChI is InChI=1S/C12H17ClN2/c1-2-9-5-3-6-10(9)14-12-8-4-7-11(13)15-12/h4,7-10H,2-3,5-6H2,1H3,(H,14,15). The maximum Gasteiger partial charge on any atom is 0.131 e. The van der Waals surface area contributed by atoms with E-state index in [0.717, 1.165) is 11.7 Å². The highest BCUT2D eigenvalue weighted by atomic mass is 35.5. The van der Waals surface area contributed by atoms with Crippen LogP contribution in [0.4, 0.5) is 5.82 Å². The van der Waals surface area contributed by atoms with E-state index in [2.05, 4.69) is 17.2 Å². The van der Waals surface area contributed by atoms with Gasteiger partial charge in [0.2, 0.25) is 0 Å². The molecule has 1 saturated carbocycles. The lowest BCUT2D eigenvalue weighted by Crippen LogP contribution is -2.23. The summed E-state index contributed by atoms with van der Waals surface area (Å²) in [7, 11) is 0. The van der Waals surface area contributed by atoms with E-state index < -0.39 is 0 Å². The lowest BCUT2D eigenvalue weighted by Gasteiger charge is -2.20. The van der Waals surface area contributed by atoms with E-state index >= 15 is 0 Å². The zero-order valence-corrected chi connectivity index (χ0v) is 9.80. The van der Waals surface area contributed by atoms with E-state index in [-0.39, 0.29) is 0 Å². The molecule has 2 atom stereocenters. The van der Waals surface area contributed by atoms with Crippen molar-refractivity contribution in [3.8, 4) is 0 Å². The smallest absolute Gasteiger partial charge is 0.131 e. The summed E-state index contributed by atoms with van der Waals surface area (Å²) in [5.41, 5.74) is 0. The fourth-order valence-corrected chi connectivity index (χ4v) is 2.56. The van der Waals surface area contributed by atoms with Gasteiger partial charge >= 0.3 is 0 Å². The second-order valence-corrected chi connectivity index (χ2v) is 4.58. The summed E-state index contributed by atoms with van der Waals surface area (Å²) in [4.78, 5) is 4.26. The molecule has 1 aromatic rings. The maximum absolute atomic E-state index is 5.85. The van der Waals surface area contributed by atoms with Crippen molar-refractivity contribution in [3.63, 3.8) is 0 Å². The molecule has 0 aliphatic heterocycles. The Morgan fingerprint density at radius 2 is 2.33 bits per heavy atom. The lowest BCUT2D eigenvalue weighted by molar-refractivity contribution is 0.488. The highest BCUT2D eigenvalue weighted by Gasteiger charge is 2.25. The van der Waals surface area contributed by atoms with Gasteiger partial charge in [-0.15, -0.1) is 0 Å². The third-order valence-corrected chi connectivity index (χ3v) is 3.44. The van der Waals surface area contributed by atoms with Crippen LogP contribution in [0.3, 0.4) is 0 Å². The first-order valence-electron chi connectivity index (χ1n) is 5.68. The van der Waals surface area contributed by atoms with E-state index in [1.165, 1.54) is 25.7 Å². The topological polar surface area (TPSA) is 24.9 Å². The largest absolute Gasteiger partial charge is 0.367 e. The molecule has 3 heteroatoms. The van der Waals surface area contributed by atoms with Gasteiger partial charge in [-0.25, -0.2) is 4.98 Å². The number of hydrogen-bond donors (Lipinski definition) is 1. The number of halogens is 1. The van der Waals surface area contributed by atoms with Crippen LogP contribution in [-0.4, -0.2) is 11.0 Å². The van der Waals surface area contributed by atoms with Gasteiger partial charge in [-0.3, -0.25) is 0 Å². The van der Waals surface area contributed by atoms with Crippen molar-refractivity contribution in [1.82, 2.24) is 4.98 Å². The van der Waals surface area contributed by atoms with Crippen LogP contribution in [0.1, 0.15) is 32.6 Å². The summed E-state index contributed by atoms with van der Waals surface area (Å²) in [6.07, 6.45) is 5.18. The highest BCUT2D eigenvalue weighted by Crippen LogP contribution is 2.30. The number of aromatic nitrogens is 1. The second-order valence-electron chi connectivity index (χ2n) is 4.20. The fourth-order valence-electron chi connectivity index (χ4n) is 2.39. The van der Waals surface area contributed by atoms with Gasteiger partial charge in [0.05, 0.1) is 0 Å². The third kappa shape index (κ3) is 2.63. The lowest BCUT2D eigenvalue weighted by atomic mass is 10.0. The van der Waals surface area contributed by atoms with Crippen LogP contribution in [0, 0.1) is 5.92 Å². The SMILES string of the molecule is CCC1CCCC1Nc1cccc(Cl)n1. The van der Waals surface area contributed by atoms with Gasteiger partial charge < -0.3 is 5.32 Å². The monoisotopic (exact) mass is 224 g/mol. The van der Waals surface area contributed by atoms with Gasteiger partial charge in [0, 0.05) is 6.04 Å². The molecule has 1 aliphatic rings. The Morgan fingerprint density at radius 3 is 3.07 bits per heavy atom. The summed E-state index contributed by atoms with van der Waals surface area (Å²) in [5.74, 6) is 1.71. The van der Waals surface area contributed by atoms with Crippen LogP contribution >= 0.6 is 11.6 Å². The van der Waals surface area contributed by atoms with Crippen molar-refractivity contribution in [2.24, 2.45) is 5.92 Å². The molecule has 1 N–H and O–H groups in total. The number of nitrogens with one attached hydrogen (secondary N) is 1. The Bertz CT molecular complexity index is 327. The predicted molar refractivity (Wildman–Crippen MR) is 64.3 cm³/mol. The quantitative estimate of drug-likeness (QED) is 0.792. The Kier molecular flexibility index (Phi) is 3.47. The van der Waals surface area contributed by atoms with Crippen LogP contribution in [-0.2, 0) is 0 Å². The van der Waals surface area contributed by atoms with Crippen molar-refractivity contribution in [1.29, 1.82) is 0 Å². The zero-order chi connectivity index (χ0) is 10.7. The summed E-state index contributed by atoms with van der Waals surface area (Å²) >= 11 is 5.85. The van der Waals surface area contributed by atoms with Crippen LogP contribution in [0.5, 0.6) is 0 Å². The zero-order valence-electron chi connectivity index (χ0n) is 9.04. The van der Waals surface area contributed by atoms with E-state index in [1.807, 2.05) is 12.1 Å². The number of anilines is 1. The number of nitrogens with zero attached hydrogens (tertiary/aromatic N) is 1. The molecule has 1 aromatic heterocycles. The second kappa shape index (κ2) is 4.84. The molecule has 2 nitrogen and oxygen atoms in total. The first-order chi connectivity index (χ1) is 7.29. The minimum Gasteiger partial charge on any atom is -0.367 e. The Morgan fingerprint density at radius 1 is 1.47 bits per heavy atom. The first kappa shape index (κ1) is 10.7. The number of rotatable bonds is 3. The van der Waals surface area contributed by atoms with Gasteiger partial charge in [0.25, 0.3) is 0 Å². The molecule has 1 heterocycles. The molecule has 82 valence electrons. The maximum atomic E-state index is 5.85. The normalized spacial score (nSPS) is 25.5. The molecule has 2 rings (SSSR count). The molecule has 1 aliphatic carbocycles. The number of pyridine rings is 1. The molecule has 0 amide bonds. The molecule has 0 radical (unpaired) electrons. The Labute approximate surface area is 96.1 Å². The Balaban J connectivity index is 2.02. The third-order valence-electron chi connectivity index (χ3n) is 3.23. The van der Waals surface area contributed by atoms with Gasteiger partial charge in [0.1, 0.15) is 11.0 Å². The van der Waals surface area contributed by atoms with Crippen LogP contribution < -0.4 is 5.32 Å². The van der Waals surface area contributed by atoms with E-state index in [1.54, 1.807) is 6.07 Å². The van der Waals surface area contributed by atoms with Crippen molar-refractivity contribution in [2.45, 2.75) is 38.6 Å². The van der Waals surface area contributed by atoms with Gasteiger partial charge in [-0.2, -0.15) is 0 Å². The molecule has 15 heavy (non-hydrogen) atoms. The number of hydrogen-bond acceptors (Lipinski definition) is 2. The summed E-state index contributed by atoms with van der Waals surface area (Å²) < 4.78 is 0. The van der Waals surface area contributed by atoms with Gasteiger partial charge in [0.15, 0.2) is 0 Å². The average molecular weight is 225 g/mol. The van der Waals surface area contributed by atoms with E-state index in [4.69, 9.17) is 11.6 Å². The van der Waals surface area contributed by atoms with Crippen LogP contribution in [0.25, 0.3) is 0 Å². The molecule has 0 bridgehead atoms. The van der Waals surface area contributed by atoms with Crippen LogP contribution in [0.2, 0.25) is 5.15 Å². The van der Waals surface area contributed by atoms with E-state index in [9.17, 15) is 0 Å². The van der Waals surface area contributed by atoms with E-state index in [0.29, 0.717) is 11.2 Å². The summed E-state index contributed by atoms with van der Waals surface area (Å²) in [6.45, 7) is 2.26. The fraction of sp³-hybridized carbons (Fsp3) is 0.583. The van der Waals surface area contributed by atoms with Crippen molar-refractivity contribution >= 4 is 17.4 Å². The molecular weight excluding hydrogens is 208 g/mol. The molecule has 0 spiro atoms. The molecular formula is C12H17ClN2. The van der Waals surface area contributed by atoms with Gasteiger partial charge in [-0.1, -0.05) is 37.4 Å². The molecule has 2 unspecified atom stereocenters. The minimum atomic E-state index is 0.561. The first-order valence-corrected chi connectivity index (χ1v) is 6.06. The predicted octanol–water partition coefficient (Wildman–Crippen LogP) is 3.73. The molecule has 1 fully saturated rings. The van der Waals surface area contributed by atoms with Crippen molar-refractivity contribution in [2.75, 3.05) is 5.32 Å². The summed E-state index contributed by atoms with van der Waals surface area (Å²) in [5, 5.41) is 4.05. The Hall–Kier alpha value is -0.760. The molecule has 0 saturated heterocycles. The minimum absolute atomic E-state index is 0.561. The van der Waals surface area contributed by atoms with Crippen molar-refractivity contribution < 1.29 is 0 Å². The van der Waals surface area contributed by atoms with Gasteiger partial charge in [-0.05, 0) is 30.9 Å². The molecule has 0 aromatic carbocycles. The highest BCUT2D eigenvalue weighted by molar-refractivity contribution is 6.29. The van der Waals surface area contributed by atoms with Crippen LogP contribution in [0.15, 0.2) is 18.2 Å². The summed E-state index contributed by atoms with van der Waals surface area (Å²) in [6, 6.07) is 6.31. The average Bonchev–Trinajstić information content (AvgIpc) is 2.65.